The van der Waals surface area contributed by atoms with Crippen molar-refractivity contribution in [3.63, 3.8) is 0 Å². The average Bonchev–Trinajstić information content (AvgIpc) is 2.55. The SMILES string of the molecule is CCC(O)c1ccc(Oc2ccc3ccccc3c2)cn1. The Labute approximate surface area is 123 Å². The Balaban J connectivity index is 1.81. The minimum absolute atomic E-state index is 0.514. The van der Waals surface area contributed by atoms with Crippen LogP contribution in [0.3, 0.4) is 0 Å². The minimum atomic E-state index is -0.514. The van der Waals surface area contributed by atoms with E-state index >= 15 is 0 Å². The first-order valence-electron chi connectivity index (χ1n) is 7.07. The number of hydrogen-bond donors (Lipinski definition) is 1. The summed E-state index contributed by atoms with van der Waals surface area (Å²) in [6.45, 7) is 1.92. The molecule has 0 aliphatic rings. The highest BCUT2D eigenvalue weighted by Gasteiger charge is 2.06. The number of hydrogen-bond acceptors (Lipinski definition) is 3. The lowest BCUT2D eigenvalue weighted by Gasteiger charge is -2.09. The average molecular weight is 279 g/mol. The summed E-state index contributed by atoms with van der Waals surface area (Å²) in [7, 11) is 0. The van der Waals surface area contributed by atoms with Crippen LogP contribution in [0.1, 0.15) is 25.1 Å². The Morgan fingerprint density at radius 2 is 1.76 bits per heavy atom. The molecule has 2 aromatic carbocycles. The number of aliphatic hydroxyl groups excluding tert-OH is 1. The van der Waals surface area contributed by atoms with E-state index in [4.69, 9.17) is 4.74 Å². The zero-order chi connectivity index (χ0) is 14.7. The van der Waals surface area contributed by atoms with Crippen LogP contribution in [0.2, 0.25) is 0 Å². The summed E-state index contributed by atoms with van der Waals surface area (Å²) >= 11 is 0. The highest BCUT2D eigenvalue weighted by Crippen LogP contribution is 2.26. The zero-order valence-corrected chi connectivity index (χ0v) is 11.9. The highest BCUT2D eigenvalue weighted by atomic mass is 16.5. The molecular weight excluding hydrogens is 262 g/mol. The molecule has 0 saturated carbocycles. The van der Waals surface area contributed by atoms with Crippen molar-refractivity contribution in [2.45, 2.75) is 19.4 Å². The Morgan fingerprint density at radius 1 is 1.00 bits per heavy atom. The largest absolute Gasteiger partial charge is 0.456 e. The minimum Gasteiger partial charge on any atom is -0.456 e. The van der Waals surface area contributed by atoms with Gasteiger partial charge < -0.3 is 9.84 Å². The Bertz CT molecular complexity index is 738. The Morgan fingerprint density at radius 3 is 2.48 bits per heavy atom. The standard InChI is InChI=1S/C18H17NO2/c1-2-18(20)17-10-9-16(12-19-17)21-15-8-7-13-5-3-4-6-14(13)11-15/h3-12,18,20H,2H2,1H3. The van der Waals surface area contributed by atoms with Crippen LogP contribution in [-0.2, 0) is 0 Å². The number of benzene rings is 2. The van der Waals surface area contributed by atoms with Crippen molar-refractivity contribution in [3.8, 4) is 11.5 Å². The van der Waals surface area contributed by atoms with E-state index in [-0.39, 0.29) is 0 Å². The Kier molecular flexibility index (Phi) is 3.84. The molecule has 0 bridgehead atoms. The topological polar surface area (TPSA) is 42.4 Å². The molecule has 1 unspecified atom stereocenters. The van der Waals surface area contributed by atoms with Gasteiger partial charge in [-0.15, -0.1) is 0 Å². The third-order valence-corrected chi connectivity index (χ3v) is 3.44. The summed E-state index contributed by atoms with van der Waals surface area (Å²) in [5.41, 5.74) is 0.670. The zero-order valence-electron chi connectivity index (χ0n) is 11.9. The van der Waals surface area contributed by atoms with E-state index in [0.717, 1.165) is 11.1 Å². The van der Waals surface area contributed by atoms with Gasteiger partial charge in [0.1, 0.15) is 11.5 Å². The van der Waals surface area contributed by atoms with Gasteiger partial charge in [0.2, 0.25) is 0 Å². The summed E-state index contributed by atoms with van der Waals surface area (Å²) in [6.07, 6.45) is 1.78. The van der Waals surface area contributed by atoms with E-state index in [1.165, 1.54) is 5.39 Å². The van der Waals surface area contributed by atoms with Crippen molar-refractivity contribution in [2.24, 2.45) is 0 Å². The van der Waals surface area contributed by atoms with Crippen LogP contribution in [-0.4, -0.2) is 10.1 Å². The molecule has 3 rings (SSSR count). The lowest BCUT2D eigenvalue weighted by molar-refractivity contribution is 0.169. The number of ether oxygens (including phenoxy) is 1. The van der Waals surface area contributed by atoms with Gasteiger partial charge in [-0.05, 0) is 41.5 Å². The number of aromatic nitrogens is 1. The van der Waals surface area contributed by atoms with Crippen LogP contribution < -0.4 is 4.74 Å². The second-order valence-corrected chi connectivity index (χ2v) is 4.95. The number of rotatable bonds is 4. The molecule has 0 saturated heterocycles. The second-order valence-electron chi connectivity index (χ2n) is 4.95. The van der Waals surface area contributed by atoms with Crippen molar-refractivity contribution >= 4 is 10.8 Å². The van der Waals surface area contributed by atoms with Gasteiger partial charge in [0.25, 0.3) is 0 Å². The molecule has 106 valence electrons. The molecule has 3 nitrogen and oxygen atoms in total. The van der Waals surface area contributed by atoms with E-state index in [0.29, 0.717) is 17.9 Å². The van der Waals surface area contributed by atoms with Crippen molar-refractivity contribution < 1.29 is 9.84 Å². The highest BCUT2D eigenvalue weighted by molar-refractivity contribution is 5.83. The summed E-state index contributed by atoms with van der Waals surface area (Å²) in [4.78, 5) is 4.23. The summed E-state index contributed by atoms with van der Waals surface area (Å²) < 4.78 is 5.81. The van der Waals surface area contributed by atoms with E-state index in [2.05, 4.69) is 17.1 Å². The fraction of sp³-hybridized carbons (Fsp3) is 0.167. The predicted octanol–water partition coefficient (Wildman–Crippen LogP) is 4.47. The van der Waals surface area contributed by atoms with Gasteiger partial charge in [0.15, 0.2) is 0 Å². The van der Waals surface area contributed by atoms with Crippen LogP contribution in [0, 0.1) is 0 Å². The molecule has 1 heterocycles. The van der Waals surface area contributed by atoms with Gasteiger partial charge in [-0.3, -0.25) is 4.98 Å². The normalized spacial score (nSPS) is 12.3. The lowest BCUT2D eigenvalue weighted by atomic mass is 10.1. The predicted molar refractivity (Wildman–Crippen MR) is 83.5 cm³/mol. The van der Waals surface area contributed by atoms with Gasteiger partial charge in [-0.2, -0.15) is 0 Å². The number of pyridine rings is 1. The monoisotopic (exact) mass is 279 g/mol. The molecule has 0 spiro atoms. The molecule has 0 amide bonds. The number of fused-ring (bicyclic) bond motifs is 1. The smallest absolute Gasteiger partial charge is 0.145 e. The van der Waals surface area contributed by atoms with Gasteiger partial charge in [-0.1, -0.05) is 37.3 Å². The van der Waals surface area contributed by atoms with E-state index in [9.17, 15) is 5.11 Å². The number of nitrogens with zero attached hydrogens (tertiary/aromatic N) is 1. The van der Waals surface area contributed by atoms with Crippen LogP contribution in [0.25, 0.3) is 10.8 Å². The van der Waals surface area contributed by atoms with Gasteiger partial charge in [-0.25, -0.2) is 0 Å². The van der Waals surface area contributed by atoms with Crippen molar-refractivity contribution in [1.29, 1.82) is 0 Å². The Hall–Kier alpha value is -2.39. The van der Waals surface area contributed by atoms with Gasteiger partial charge >= 0.3 is 0 Å². The summed E-state index contributed by atoms with van der Waals surface area (Å²) in [6, 6.07) is 17.8. The molecule has 1 N–H and O–H groups in total. The third kappa shape index (κ3) is 3.03. The molecule has 0 aliphatic heterocycles. The summed E-state index contributed by atoms with van der Waals surface area (Å²) in [5, 5.41) is 12.0. The van der Waals surface area contributed by atoms with Gasteiger partial charge in [0.05, 0.1) is 18.0 Å². The van der Waals surface area contributed by atoms with E-state index in [1.54, 1.807) is 12.3 Å². The maximum Gasteiger partial charge on any atom is 0.145 e. The quantitative estimate of drug-likeness (QED) is 0.766. The molecule has 0 radical (unpaired) electrons. The first-order valence-corrected chi connectivity index (χ1v) is 7.07. The molecular formula is C18H17NO2. The molecule has 0 fully saturated rings. The molecule has 1 aromatic heterocycles. The molecule has 1 atom stereocenters. The van der Waals surface area contributed by atoms with Crippen LogP contribution in [0.4, 0.5) is 0 Å². The van der Waals surface area contributed by atoms with Crippen LogP contribution in [0.5, 0.6) is 11.5 Å². The number of aliphatic hydroxyl groups is 1. The van der Waals surface area contributed by atoms with Gasteiger partial charge in [0, 0.05) is 0 Å². The van der Waals surface area contributed by atoms with Crippen molar-refractivity contribution in [2.75, 3.05) is 0 Å². The molecule has 3 heteroatoms. The third-order valence-electron chi connectivity index (χ3n) is 3.44. The van der Waals surface area contributed by atoms with E-state index < -0.39 is 6.10 Å². The maximum absolute atomic E-state index is 9.72. The van der Waals surface area contributed by atoms with Crippen molar-refractivity contribution in [3.05, 3.63) is 66.5 Å². The first-order chi connectivity index (χ1) is 10.3. The molecule has 21 heavy (non-hydrogen) atoms. The first kappa shape index (κ1) is 13.6. The van der Waals surface area contributed by atoms with Crippen LogP contribution >= 0.6 is 0 Å². The van der Waals surface area contributed by atoms with Crippen molar-refractivity contribution in [1.82, 2.24) is 4.98 Å². The fourth-order valence-corrected chi connectivity index (χ4v) is 2.23. The summed E-state index contributed by atoms with van der Waals surface area (Å²) in [5.74, 6) is 1.44. The lowest BCUT2D eigenvalue weighted by Crippen LogP contribution is -1.98. The second kappa shape index (κ2) is 5.94. The van der Waals surface area contributed by atoms with Crippen LogP contribution in [0.15, 0.2) is 60.8 Å². The fourth-order valence-electron chi connectivity index (χ4n) is 2.23. The maximum atomic E-state index is 9.72. The molecule has 0 aliphatic carbocycles. The van der Waals surface area contributed by atoms with E-state index in [1.807, 2.05) is 43.3 Å². The molecule has 3 aromatic rings.